The summed E-state index contributed by atoms with van der Waals surface area (Å²) in [6.07, 6.45) is -0.653. The fourth-order valence-corrected chi connectivity index (χ4v) is 2.89. The summed E-state index contributed by atoms with van der Waals surface area (Å²) >= 11 is 0. The van der Waals surface area contributed by atoms with Gasteiger partial charge in [-0.1, -0.05) is 0 Å². The smallest absolute Gasteiger partial charge is 0.254 e. The lowest BCUT2D eigenvalue weighted by atomic mass is 10.1. The Labute approximate surface area is 128 Å². The lowest BCUT2D eigenvalue weighted by Gasteiger charge is -2.22. The maximum Gasteiger partial charge on any atom is 0.254 e. The molecular weight excluding hydrogens is 284 g/mol. The van der Waals surface area contributed by atoms with Crippen LogP contribution in [0.1, 0.15) is 21.7 Å². The average Bonchev–Trinajstić information content (AvgIpc) is 2.65. The molecule has 2 aromatic heterocycles. The number of amides is 1. The van der Waals surface area contributed by atoms with Crippen LogP contribution in [0, 0.1) is 13.8 Å². The molecule has 1 saturated heterocycles. The molecule has 7 nitrogen and oxygen atoms in total. The molecule has 1 aliphatic heterocycles. The van der Waals surface area contributed by atoms with Crippen molar-refractivity contribution in [2.45, 2.75) is 20.0 Å². The molecule has 0 aliphatic carbocycles. The topological polar surface area (TPSA) is 80.5 Å². The van der Waals surface area contributed by atoms with Gasteiger partial charge < -0.3 is 14.7 Å². The van der Waals surface area contributed by atoms with Crippen molar-refractivity contribution in [1.29, 1.82) is 0 Å². The first kappa shape index (κ1) is 14.9. The summed E-state index contributed by atoms with van der Waals surface area (Å²) in [5.41, 5.74) is 2.83. The van der Waals surface area contributed by atoms with E-state index in [0.29, 0.717) is 24.4 Å². The van der Waals surface area contributed by atoms with Crippen LogP contribution >= 0.6 is 0 Å². The highest BCUT2D eigenvalue weighted by Gasteiger charge is 2.25. The highest BCUT2D eigenvalue weighted by atomic mass is 16.5. The van der Waals surface area contributed by atoms with Gasteiger partial charge in [-0.2, -0.15) is 5.10 Å². The zero-order valence-electron chi connectivity index (χ0n) is 13.0. The predicted molar refractivity (Wildman–Crippen MR) is 80.7 cm³/mol. The van der Waals surface area contributed by atoms with Gasteiger partial charge in [0.2, 0.25) is 0 Å². The molecule has 1 amide bonds. The third kappa shape index (κ3) is 2.57. The monoisotopic (exact) mass is 304 g/mol. The second kappa shape index (κ2) is 5.66. The number of nitrogens with zero attached hydrogens (tertiary/aromatic N) is 4. The van der Waals surface area contributed by atoms with Gasteiger partial charge in [0.05, 0.1) is 36.0 Å². The molecule has 1 unspecified atom stereocenters. The number of hydrogen-bond donors (Lipinski definition) is 1. The minimum atomic E-state index is -0.653. The van der Waals surface area contributed by atoms with Gasteiger partial charge in [0.15, 0.2) is 5.65 Å². The molecule has 7 heteroatoms. The van der Waals surface area contributed by atoms with E-state index in [1.165, 1.54) is 0 Å². The molecule has 1 N–H and O–H groups in total. The van der Waals surface area contributed by atoms with E-state index in [2.05, 4.69) is 10.1 Å². The maximum absolute atomic E-state index is 12.9. The van der Waals surface area contributed by atoms with Crippen LogP contribution in [0.25, 0.3) is 11.0 Å². The molecule has 0 spiro atoms. The van der Waals surface area contributed by atoms with Crippen LogP contribution in [0.15, 0.2) is 6.07 Å². The molecule has 3 rings (SSSR count). The predicted octanol–water partition coefficient (Wildman–Crippen LogP) is 0.418. The molecular formula is C15H20N4O3. The Kier molecular flexibility index (Phi) is 3.84. The van der Waals surface area contributed by atoms with Crippen molar-refractivity contribution >= 4 is 16.9 Å². The summed E-state index contributed by atoms with van der Waals surface area (Å²) in [4.78, 5) is 19.0. The highest BCUT2D eigenvalue weighted by Crippen LogP contribution is 2.23. The van der Waals surface area contributed by atoms with E-state index in [1.54, 1.807) is 15.6 Å². The number of fused-ring (bicyclic) bond motifs is 1. The van der Waals surface area contributed by atoms with E-state index in [1.807, 2.05) is 20.9 Å². The Hall–Kier alpha value is -1.99. The zero-order chi connectivity index (χ0) is 15.9. The van der Waals surface area contributed by atoms with Crippen LogP contribution in [0.4, 0.5) is 0 Å². The molecule has 0 aromatic carbocycles. The second-order valence-corrected chi connectivity index (χ2v) is 5.70. The van der Waals surface area contributed by atoms with Gasteiger partial charge in [-0.05, 0) is 19.9 Å². The van der Waals surface area contributed by atoms with Crippen LogP contribution < -0.4 is 0 Å². The Morgan fingerprint density at radius 3 is 3.00 bits per heavy atom. The van der Waals surface area contributed by atoms with Crippen LogP contribution in [0.2, 0.25) is 0 Å². The van der Waals surface area contributed by atoms with Crippen LogP contribution in [-0.4, -0.2) is 63.1 Å². The Morgan fingerprint density at radius 2 is 2.23 bits per heavy atom. The van der Waals surface area contributed by atoms with Crippen molar-refractivity contribution in [3.63, 3.8) is 0 Å². The Bertz CT molecular complexity index is 725. The number of carbonyl (C=O) groups is 1. The molecule has 0 saturated carbocycles. The molecule has 1 fully saturated rings. The number of aliphatic hydroxyl groups is 1. The minimum absolute atomic E-state index is 0.115. The highest BCUT2D eigenvalue weighted by molar-refractivity contribution is 6.06. The van der Waals surface area contributed by atoms with E-state index >= 15 is 0 Å². The number of pyridine rings is 1. The van der Waals surface area contributed by atoms with E-state index in [9.17, 15) is 9.90 Å². The van der Waals surface area contributed by atoms with Crippen LogP contribution in [-0.2, 0) is 11.8 Å². The molecule has 118 valence electrons. The first-order valence-corrected chi connectivity index (χ1v) is 7.33. The quantitative estimate of drug-likeness (QED) is 0.826. The van der Waals surface area contributed by atoms with Gasteiger partial charge >= 0.3 is 0 Å². The van der Waals surface area contributed by atoms with Crippen molar-refractivity contribution in [2.75, 3.05) is 26.3 Å². The molecule has 22 heavy (non-hydrogen) atoms. The summed E-state index contributed by atoms with van der Waals surface area (Å²) in [6.45, 7) is 5.18. The van der Waals surface area contributed by atoms with Crippen molar-refractivity contribution in [2.24, 2.45) is 7.05 Å². The Morgan fingerprint density at radius 1 is 1.45 bits per heavy atom. The first-order valence-electron chi connectivity index (χ1n) is 7.33. The second-order valence-electron chi connectivity index (χ2n) is 5.70. The van der Waals surface area contributed by atoms with E-state index in [0.717, 1.165) is 16.8 Å². The first-order chi connectivity index (χ1) is 10.5. The summed E-state index contributed by atoms with van der Waals surface area (Å²) in [6, 6.07) is 1.79. The van der Waals surface area contributed by atoms with Gasteiger partial charge in [-0.3, -0.25) is 9.48 Å². The fourth-order valence-electron chi connectivity index (χ4n) is 2.89. The van der Waals surface area contributed by atoms with Gasteiger partial charge in [0, 0.05) is 25.8 Å². The molecule has 2 aromatic rings. The summed E-state index contributed by atoms with van der Waals surface area (Å²) in [7, 11) is 1.82. The number of aliphatic hydroxyl groups excluding tert-OH is 1. The molecule has 0 radical (unpaired) electrons. The number of hydrogen-bond acceptors (Lipinski definition) is 5. The molecule has 1 aliphatic rings. The standard InChI is InChI=1S/C15H20N4O3/c1-9-6-12(13-10(2)17-18(3)14(13)16-9)15(21)19-4-5-22-8-11(20)7-19/h6,11,20H,4-5,7-8H2,1-3H3. The van der Waals surface area contributed by atoms with E-state index in [-0.39, 0.29) is 19.1 Å². The van der Waals surface area contributed by atoms with Gasteiger partial charge in [0.25, 0.3) is 5.91 Å². The summed E-state index contributed by atoms with van der Waals surface area (Å²) in [5.74, 6) is -0.115. The lowest BCUT2D eigenvalue weighted by Crippen LogP contribution is -2.37. The fraction of sp³-hybridized carbons (Fsp3) is 0.533. The molecule has 3 heterocycles. The minimum Gasteiger partial charge on any atom is -0.389 e. The number of ether oxygens (including phenoxy) is 1. The molecule has 1 atom stereocenters. The number of β-amino-alcohol motifs (C(OH)–C–C–N with tert-alkyl or cyclic N) is 1. The van der Waals surface area contributed by atoms with Gasteiger partial charge in [0.1, 0.15) is 0 Å². The molecule has 0 bridgehead atoms. The SMILES string of the molecule is Cc1cc(C(=O)N2CCOCC(O)C2)c2c(C)nn(C)c2n1. The van der Waals surface area contributed by atoms with Crippen molar-refractivity contribution in [3.8, 4) is 0 Å². The normalized spacial score (nSPS) is 19.5. The van der Waals surface area contributed by atoms with Crippen LogP contribution in [0.5, 0.6) is 0 Å². The Balaban J connectivity index is 2.07. The third-order valence-corrected chi connectivity index (χ3v) is 3.86. The van der Waals surface area contributed by atoms with Gasteiger partial charge in [-0.15, -0.1) is 0 Å². The van der Waals surface area contributed by atoms with Crippen LogP contribution in [0.3, 0.4) is 0 Å². The lowest BCUT2D eigenvalue weighted by molar-refractivity contribution is 0.0534. The number of carbonyl (C=O) groups excluding carboxylic acids is 1. The third-order valence-electron chi connectivity index (χ3n) is 3.86. The summed E-state index contributed by atoms with van der Waals surface area (Å²) < 4.78 is 6.98. The van der Waals surface area contributed by atoms with Crippen molar-refractivity contribution in [3.05, 3.63) is 23.0 Å². The van der Waals surface area contributed by atoms with E-state index in [4.69, 9.17) is 4.74 Å². The number of aromatic nitrogens is 3. The van der Waals surface area contributed by atoms with Crippen molar-refractivity contribution < 1.29 is 14.6 Å². The zero-order valence-corrected chi connectivity index (χ0v) is 13.0. The summed E-state index contributed by atoms with van der Waals surface area (Å²) in [5, 5.41) is 15.0. The van der Waals surface area contributed by atoms with E-state index < -0.39 is 6.10 Å². The van der Waals surface area contributed by atoms with Crippen molar-refractivity contribution in [1.82, 2.24) is 19.7 Å². The van der Waals surface area contributed by atoms with Gasteiger partial charge in [-0.25, -0.2) is 4.98 Å². The number of aryl methyl sites for hydroxylation is 3. The average molecular weight is 304 g/mol. The maximum atomic E-state index is 12.9. The largest absolute Gasteiger partial charge is 0.389 e. The number of rotatable bonds is 1.